The molecule has 0 fully saturated rings. The average molecular weight is 350 g/mol. The number of aromatic nitrogens is 2. The first kappa shape index (κ1) is 15.8. The summed E-state index contributed by atoms with van der Waals surface area (Å²) in [5.41, 5.74) is 2.46. The lowest BCUT2D eigenvalue weighted by Crippen LogP contribution is -2.30. The zero-order valence-corrected chi connectivity index (χ0v) is 14.4. The summed E-state index contributed by atoms with van der Waals surface area (Å²) < 4.78 is 2.81. The Balaban J connectivity index is 2.28. The second kappa shape index (κ2) is 6.43. The van der Waals surface area contributed by atoms with Crippen molar-refractivity contribution < 1.29 is 4.79 Å². The Kier molecular flexibility index (Phi) is 4.83. The van der Waals surface area contributed by atoms with E-state index in [9.17, 15) is 4.79 Å². The lowest BCUT2D eigenvalue weighted by molar-refractivity contribution is 0.0778. The van der Waals surface area contributed by atoms with Crippen LogP contribution in [0.4, 0.5) is 0 Å². The highest BCUT2D eigenvalue weighted by molar-refractivity contribution is 9.10. The van der Waals surface area contributed by atoms with Gasteiger partial charge in [-0.3, -0.25) is 4.79 Å². The Morgan fingerprint density at radius 1 is 1.33 bits per heavy atom. The fraction of sp³-hybridized carbons (Fsp3) is 0.375. The Morgan fingerprint density at radius 3 is 2.52 bits per heavy atom. The first-order valence-electron chi connectivity index (χ1n) is 6.96. The summed E-state index contributed by atoms with van der Waals surface area (Å²) in [5.74, 6) is 0.463. The van der Waals surface area contributed by atoms with Crippen LogP contribution in [0.15, 0.2) is 34.9 Å². The third kappa shape index (κ3) is 3.53. The van der Waals surface area contributed by atoms with Crippen molar-refractivity contribution in [3.8, 4) is 5.69 Å². The van der Waals surface area contributed by atoms with E-state index in [1.807, 2.05) is 38.2 Å². The van der Waals surface area contributed by atoms with Gasteiger partial charge in [0.25, 0.3) is 5.91 Å². The molecule has 5 heteroatoms. The van der Waals surface area contributed by atoms with Crippen molar-refractivity contribution in [3.63, 3.8) is 0 Å². The number of carbonyl (C=O) groups excluding carboxylic acids is 1. The maximum Gasteiger partial charge on any atom is 0.257 e. The predicted molar refractivity (Wildman–Crippen MR) is 87.8 cm³/mol. The summed E-state index contributed by atoms with van der Waals surface area (Å²) in [4.78, 5) is 14.2. The first-order valence-corrected chi connectivity index (χ1v) is 7.75. The zero-order chi connectivity index (χ0) is 15.6. The van der Waals surface area contributed by atoms with Crippen molar-refractivity contribution in [3.05, 3.63) is 46.2 Å². The third-order valence-electron chi connectivity index (χ3n) is 3.30. The SMILES string of the molecule is Cc1c(C(=O)N(C)CC(C)C)cnn1-c1ccc(Br)cc1. The maximum atomic E-state index is 12.5. The third-order valence-corrected chi connectivity index (χ3v) is 3.83. The van der Waals surface area contributed by atoms with Crippen LogP contribution in [-0.4, -0.2) is 34.2 Å². The van der Waals surface area contributed by atoms with Crippen molar-refractivity contribution in [1.29, 1.82) is 0 Å². The molecule has 1 amide bonds. The highest BCUT2D eigenvalue weighted by atomic mass is 79.9. The second-order valence-corrected chi connectivity index (χ2v) is 6.53. The largest absolute Gasteiger partial charge is 0.341 e. The molecule has 2 rings (SSSR count). The van der Waals surface area contributed by atoms with Gasteiger partial charge in [-0.1, -0.05) is 29.8 Å². The molecule has 0 saturated carbocycles. The number of amides is 1. The number of nitrogens with zero attached hydrogens (tertiary/aromatic N) is 3. The minimum Gasteiger partial charge on any atom is -0.341 e. The molecular weight excluding hydrogens is 330 g/mol. The molecule has 0 N–H and O–H groups in total. The minimum absolute atomic E-state index is 0.0181. The Hall–Kier alpha value is -1.62. The number of benzene rings is 1. The summed E-state index contributed by atoms with van der Waals surface area (Å²) in [6, 6.07) is 7.86. The molecule has 0 aliphatic rings. The topological polar surface area (TPSA) is 38.1 Å². The summed E-state index contributed by atoms with van der Waals surface area (Å²) >= 11 is 3.42. The molecule has 0 saturated heterocycles. The van der Waals surface area contributed by atoms with Crippen molar-refractivity contribution in [2.45, 2.75) is 20.8 Å². The van der Waals surface area contributed by atoms with Crippen LogP contribution < -0.4 is 0 Å². The van der Waals surface area contributed by atoms with Crippen LogP contribution in [0.5, 0.6) is 0 Å². The minimum atomic E-state index is 0.0181. The smallest absolute Gasteiger partial charge is 0.257 e. The Morgan fingerprint density at radius 2 is 1.95 bits per heavy atom. The molecule has 0 bridgehead atoms. The molecule has 0 unspecified atom stereocenters. The molecular formula is C16H20BrN3O. The van der Waals surface area contributed by atoms with Crippen LogP contribution in [0.1, 0.15) is 29.9 Å². The summed E-state index contributed by atoms with van der Waals surface area (Å²) in [6.07, 6.45) is 1.65. The van der Waals surface area contributed by atoms with E-state index in [4.69, 9.17) is 0 Å². The Bertz CT molecular complexity index is 631. The fourth-order valence-electron chi connectivity index (χ4n) is 2.30. The number of halogens is 1. The van der Waals surface area contributed by atoms with E-state index in [1.165, 1.54) is 0 Å². The highest BCUT2D eigenvalue weighted by Crippen LogP contribution is 2.18. The number of hydrogen-bond acceptors (Lipinski definition) is 2. The van der Waals surface area contributed by atoms with E-state index in [0.717, 1.165) is 22.4 Å². The van der Waals surface area contributed by atoms with E-state index < -0.39 is 0 Å². The van der Waals surface area contributed by atoms with Gasteiger partial charge in [-0.05, 0) is 37.1 Å². The van der Waals surface area contributed by atoms with Gasteiger partial charge in [-0.2, -0.15) is 5.10 Å². The van der Waals surface area contributed by atoms with Crippen LogP contribution in [-0.2, 0) is 0 Å². The van der Waals surface area contributed by atoms with Crippen LogP contribution in [0.3, 0.4) is 0 Å². The number of rotatable bonds is 4. The molecule has 0 atom stereocenters. The van der Waals surface area contributed by atoms with Gasteiger partial charge in [-0.15, -0.1) is 0 Å². The van der Waals surface area contributed by atoms with Gasteiger partial charge in [0.15, 0.2) is 0 Å². The zero-order valence-electron chi connectivity index (χ0n) is 12.8. The second-order valence-electron chi connectivity index (χ2n) is 5.61. The van der Waals surface area contributed by atoms with Crippen molar-refractivity contribution in [1.82, 2.24) is 14.7 Å². The quantitative estimate of drug-likeness (QED) is 0.844. The first-order chi connectivity index (χ1) is 9.90. The van der Waals surface area contributed by atoms with Gasteiger partial charge < -0.3 is 4.90 Å². The van der Waals surface area contributed by atoms with Gasteiger partial charge in [0.2, 0.25) is 0 Å². The normalized spacial score (nSPS) is 11.0. The van der Waals surface area contributed by atoms with Crippen LogP contribution >= 0.6 is 15.9 Å². The molecule has 2 aromatic rings. The molecule has 1 aromatic carbocycles. The van der Waals surface area contributed by atoms with E-state index in [1.54, 1.807) is 15.8 Å². The molecule has 21 heavy (non-hydrogen) atoms. The average Bonchev–Trinajstić information content (AvgIpc) is 2.80. The molecule has 0 aliphatic carbocycles. The van der Waals surface area contributed by atoms with Crippen LogP contribution in [0.25, 0.3) is 5.69 Å². The highest BCUT2D eigenvalue weighted by Gasteiger charge is 2.19. The summed E-state index contributed by atoms with van der Waals surface area (Å²) in [5, 5.41) is 4.35. The monoisotopic (exact) mass is 349 g/mol. The summed E-state index contributed by atoms with van der Waals surface area (Å²) in [7, 11) is 1.83. The van der Waals surface area contributed by atoms with E-state index in [0.29, 0.717) is 11.5 Å². The van der Waals surface area contributed by atoms with Crippen molar-refractivity contribution in [2.24, 2.45) is 5.92 Å². The molecule has 0 radical (unpaired) electrons. The lowest BCUT2D eigenvalue weighted by Gasteiger charge is -2.19. The molecule has 0 aliphatic heterocycles. The Labute approximate surface area is 133 Å². The van der Waals surface area contributed by atoms with Gasteiger partial charge in [0.05, 0.1) is 23.1 Å². The number of hydrogen-bond donors (Lipinski definition) is 0. The fourth-order valence-corrected chi connectivity index (χ4v) is 2.56. The predicted octanol–water partition coefficient (Wildman–Crippen LogP) is 3.67. The maximum absolute atomic E-state index is 12.5. The molecule has 112 valence electrons. The van der Waals surface area contributed by atoms with Gasteiger partial charge in [0.1, 0.15) is 0 Å². The molecule has 4 nitrogen and oxygen atoms in total. The van der Waals surface area contributed by atoms with E-state index in [2.05, 4.69) is 34.9 Å². The van der Waals surface area contributed by atoms with Crippen molar-refractivity contribution in [2.75, 3.05) is 13.6 Å². The van der Waals surface area contributed by atoms with Crippen LogP contribution in [0.2, 0.25) is 0 Å². The lowest BCUT2D eigenvalue weighted by atomic mass is 10.2. The standard InChI is InChI=1S/C16H20BrN3O/c1-11(2)10-19(4)16(21)15-9-18-20(12(15)3)14-7-5-13(17)6-8-14/h5-9,11H,10H2,1-4H3. The number of carbonyl (C=O) groups is 1. The van der Waals surface area contributed by atoms with E-state index >= 15 is 0 Å². The molecule has 1 heterocycles. The van der Waals surface area contributed by atoms with Crippen LogP contribution in [0, 0.1) is 12.8 Å². The summed E-state index contributed by atoms with van der Waals surface area (Å²) in [6.45, 7) is 6.86. The molecule has 0 spiro atoms. The van der Waals surface area contributed by atoms with Gasteiger partial charge in [0, 0.05) is 18.1 Å². The van der Waals surface area contributed by atoms with Crippen molar-refractivity contribution >= 4 is 21.8 Å². The van der Waals surface area contributed by atoms with Gasteiger partial charge in [-0.25, -0.2) is 4.68 Å². The molecule has 1 aromatic heterocycles. The van der Waals surface area contributed by atoms with E-state index in [-0.39, 0.29) is 5.91 Å². The van der Waals surface area contributed by atoms with Gasteiger partial charge >= 0.3 is 0 Å².